The molecule has 108 valence electrons. The molecule has 0 amide bonds. The van der Waals surface area contributed by atoms with Gasteiger partial charge in [-0.1, -0.05) is 12.2 Å². The molecule has 0 unspecified atom stereocenters. The summed E-state index contributed by atoms with van der Waals surface area (Å²) in [5.74, 6) is 2.15. The number of hydrogen-bond acceptors (Lipinski definition) is 3. The van der Waals surface area contributed by atoms with Gasteiger partial charge < -0.3 is 15.4 Å². The lowest BCUT2D eigenvalue weighted by atomic mass is 9.92. The van der Waals surface area contributed by atoms with Gasteiger partial charge in [-0.25, -0.2) is 0 Å². The minimum absolute atomic E-state index is 0.991. The molecule has 0 fully saturated rings. The van der Waals surface area contributed by atoms with Crippen LogP contribution in [0.4, 0.5) is 5.69 Å². The maximum atomic E-state index is 6.38. The Morgan fingerprint density at radius 2 is 2.29 bits per heavy atom. The van der Waals surface area contributed by atoms with E-state index in [-0.39, 0.29) is 0 Å². The van der Waals surface area contributed by atoms with Gasteiger partial charge in [0.2, 0.25) is 0 Å². The van der Waals surface area contributed by atoms with Crippen LogP contribution in [0.3, 0.4) is 0 Å². The number of nitrogens with one attached hydrogen (secondary N) is 2. The van der Waals surface area contributed by atoms with Crippen LogP contribution in [0.5, 0.6) is 5.75 Å². The Morgan fingerprint density at radius 3 is 3.19 bits per heavy atom. The highest BCUT2D eigenvalue weighted by molar-refractivity contribution is 5.76. The standard InChI is InChI=1S/C18H20N2O/c1-19-9-7-12-3-2-4-13-11-14-5-6-16-15(8-10-20-16)18(14)21-17(12)13/h2,4-6,11,19-20H,3,7-10H2,1H3. The summed E-state index contributed by atoms with van der Waals surface area (Å²) in [7, 11) is 2.00. The van der Waals surface area contributed by atoms with Crippen molar-refractivity contribution in [1.82, 2.24) is 5.32 Å². The summed E-state index contributed by atoms with van der Waals surface area (Å²) in [5, 5.41) is 6.66. The minimum atomic E-state index is 0.991. The molecule has 3 aliphatic rings. The molecule has 3 heteroatoms. The van der Waals surface area contributed by atoms with E-state index in [1.54, 1.807) is 0 Å². The van der Waals surface area contributed by atoms with Crippen molar-refractivity contribution < 1.29 is 4.74 Å². The Morgan fingerprint density at radius 1 is 1.33 bits per heavy atom. The number of benzene rings is 1. The fraction of sp³-hybridized carbons (Fsp3) is 0.333. The fourth-order valence-electron chi connectivity index (χ4n) is 3.32. The Labute approximate surface area is 125 Å². The second-order valence-electron chi connectivity index (χ2n) is 5.78. The molecule has 0 bridgehead atoms. The third-order valence-corrected chi connectivity index (χ3v) is 4.42. The first-order valence-corrected chi connectivity index (χ1v) is 7.69. The average Bonchev–Trinajstić information content (AvgIpc) is 3.00. The third kappa shape index (κ3) is 2.09. The number of ether oxygens (including phenoxy) is 1. The molecule has 1 aliphatic carbocycles. The molecule has 21 heavy (non-hydrogen) atoms. The van der Waals surface area contributed by atoms with Crippen LogP contribution in [0.15, 0.2) is 41.2 Å². The van der Waals surface area contributed by atoms with Gasteiger partial charge in [-0.05, 0) is 56.6 Å². The van der Waals surface area contributed by atoms with Gasteiger partial charge in [0.15, 0.2) is 0 Å². The van der Waals surface area contributed by atoms with Crippen molar-refractivity contribution in [2.75, 3.05) is 25.5 Å². The third-order valence-electron chi connectivity index (χ3n) is 4.42. The van der Waals surface area contributed by atoms with Gasteiger partial charge in [0, 0.05) is 28.9 Å². The van der Waals surface area contributed by atoms with Crippen LogP contribution < -0.4 is 15.4 Å². The highest BCUT2D eigenvalue weighted by Crippen LogP contribution is 2.43. The highest BCUT2D eigenvalue weighted by Gasteiger charge is 2.26. The van der Waals surface area contributed by atoms with Crippen molar-refractivity contribution >= 4 is 11.8 Å². The van der Waals surface area contributed by atoms with E-state index < -0.39 is 0 Å². The number of fused-ring (bicyclic) bond motifs is 4. The summed E-state index contributed by atoms with van der Waals surface area (Å²) < 4.78 is 6.38. The lowest BCUT2D eigenvalue weighted by molar-refractivity contribution is 0.417. The second kappa shape index (κ2) is 5.08. The molecule has 0 atom stereocenters. The minimum Gasteiger partial charge on any atom is -0.456 e. The molecule has 2 heterocycles. The van der Waals surface area contributed by atoms with Crippen molar-refractivity contribution in [3.8, 4) is 5.75 Å². The average molecular weight is 280 g/mol. The normalized spacial score (nSPS) is 18.4. The van der Waals surface area contributed by atoms with Gasteiger partial charge in [-0.3, -0.25) is 0 Å². The molecule has 1 aromatic carbocycles. The summed E-state index contributed by atoms with van der Waals surface area (Å²) in [6.45, 7) is 2.00. The molecule has 0 saturated heterocycles. The first-order valence-electron chi connectivity index (χ1n) is 7.69. The quantitative estimate of drug-likeness (QED) is 0.891. The van der Waals surface area contributed by atoms with E-state index in [1.807, 2.05) is 7.05 Å². The van der Waals surface area contributed by atoms with E-state index in [9.17, 15) is 0 Å². The van der Waals surface area contributed by atoms with Crippen molar-refractivity contribution in [2.24, 2.45) is 0 Å². The maximum absolute atomic E-state index is 6.38. The van der Waals surface area contributed by atoms with Gasteiger partial charge in [0.1, 0.15) is 11.5 Å². The smallest absolute Gasteiger partial charge is 0.140 e. The fourth-order valence-corrected chi connectivity index (χ4v) is 3.32. The van der Waals surface area contributed by atoms with Crippen molar-refractivity contribution in [1.29, 1.82) is 0 Å². The van der Waals surface area contributed by atoms with Crippen LogP contribution in [0, 0.1) is 0 Å². The summed E-state index contributed by atoms with van der Waals surface area (Å²) >= 11 is 0. The van der Waals surface area contributed by atoms with E-state index in [0.717, 1.165) is 43.9 Å². The van der Waals surface area contributed by atoms with E-state index >= 15 is 0 Å². The number of anilines is 1. The number of rotatable bonds is 3. The summed E-state index contributed by atoms with van der Waals surface area (Å²) in [5.41, 5.74) is 6.38. The molecular weight excluding hydrogens is 260 g/mol. The van der Waals surface area contributed by atoms with E-state index in [2.05, 4.69) is 41.0 Å². The van der Waals surface area contributed by atoms with Gasteiger partial charge in [0.25, 0.3) is 0 Å². The SMILES string of the molecule is CNCCC1=C2Oc3c(ccc4c3CCN4)C=C2C=CC1. The van der Waals surface area contributed by atoms with Crippen molar-refractivity contribution in [3.05, 3.63) is 52.3 Å². The molecule has 2 N–H and O–H groups in total. The monoisotopic (exact) mass is 280 g/mol. The Hall–Kier alpha value is -2.00. The van der Waals surface area contributed by atoms with Gasteiger partial charge in [0.05, 0.1) is 0 Å². The highest BCUT2D eigenvalue weighted by atomic mass is 16.5. The lowest BCUT2D eigenvalue weighted by Gasteiger charge is -2.26. The predicted octanol–water partition coefficient (Wildman–Crippen LogP) is 3.25. The maximum Gasteiger partial charge on any atom is 0.140 e. The Bertz CT molecular complexity index is 683. The van der Waals surface area contributed by atoms with Crippen LogP contribution in [-0.4, -0.2) is 20.1 Å². The van der Waals surface area contributed by atoms with Gasteiger partial charge in [-0.15, -0.1) is 0 Å². The predicted molar refractivity (Wildman–Crippen MR) is 86.6 cm³/mol. The van der Waals surface area contributed by atoms with Crippen LogP contribution >= 0.6 is 0 Å². The van der Waals surface area contributed by atoms with Crippen LogP contribution in [0.25, 0.3) is 6.08 Å². The zero-order chi connectivity index (χ0) is 14.2. The van der Waals surface area contributed by atoms with E-state index in [1.165, 1.54) is 28.0 Å². The molecule has 0 radical (unpaired) electrons. The Kier molecular flexibility index (Phi) is 3.08. The van der Waals surface area contributed by atoms with E-state index in [0.29, 0.717) is 0 Å². The van der Waals surface area contributed by atoms with Crippen molar-refractivity contribution in [2.45, 2.75) is 19.3 Å². The number of allylic oxidation sites excluding steroid dienone is 2. The molecule has 0 saturated carbocycles. The molecule has 4 rings (SSSR count). The van der Waals surface area contributed by atoms with Crippen molar-refractivity contribution in [3.63, 3.8) is 0 Å². The van der Waals surface area contributed by atoms with Gasteiger partial charge >= 0.3 is 0 Å². The molecule has 3 nitrogen and oxygen atoms in total. The topological polar surface area (TPSA) is 33.3 Å². The Balaban J connectivity index is 1.79. The molecule has 1 aromatic rings. The molecule has 2 aliphatic heterocycles. The van der Waals surface area contributed by atoms with Crippen LogP contribution in [-0.2, 0) is 6.42 Å². The lowest BCUT2D eigenvalue weighted by Crippen LogP contribution is -2.15. The molecular formula is C18H20N2O. The number of hydrogen-bond donors (Lipinski definition) is 2. The second-order valence-corrected chi connectivity index (χ2v) is 5.78. The zero-order valence-electron chi connectivity index (χ0n) is 12.3. The summed E-state index contributed by atoms with van der Waals surface area (Å²) in [6.07, 6.45) is 9.78. The van der Waals surface area contributed by atoms with E-state index in [4.69, 9.17) is 4.74 Å². The summed E-state index contributed by atoms with van der Waals surface area (Å²) in [4.78, 5) is 0. The summed E-state index contributed by atoms with van der Waals surface area (Å²) in [6, 6.07) is 4.33. The van der Waals surface area contributed by atoms with Crippen LogP contribution in [0.1, 0.15) is 24.0 Å². The first-order chi connectivity index (χ1) is 10.4. The molecule has 0 spiro atoms. The largest absolute Gasteiger partial charge is 0.456 e. The molecule has 0 aromatic heterocycles. The first kappa shape index (κ1) is 12.7. The van der Waals surface area contributed by atoms with Gasteiger partial charge in [-0.2, -0.15) is 0 Å². The van der Waals surface area contributed by atoms with Crippen LogP contribution in [0.2, 0.25) is 0 Å². The zero-order valence-corrected chi connectivity index (χ0v) is 12.3.